The first-order valence-corrected chi connectivity index (χ1v) is 23.9. The molecule has 168 valence electrons. The Kier molecular flexibility index (Phi) is 8.96. The molecule has 5 atom stereocenters. The van der Waals surface area contributed by atoms with Crippen LogP contribution in [-0.4, -0.2) is 75.7 Å². The molecule has 0 aromatic heterocycles. The SMILES string of the molecule is C[Si](C)(C)OC[C@H]1O[C@H](O)[C@@H](O[Si](C)(C)C)[C@@H](O[Si](C)(C)C)[C@H]1O[Si](C)(C)C. The Bertz CT molecular complexity index is 492. The van der Waals surface area contributed by atoms with Crippen molar-refractivity contribution in [1.82, 2.24) is 0 Å². The molecule has 10 heteroatoms. The molecule has 1 aliphatic rings. The van der Waals surface area contributed by atoms with Gasteiger partial charge in [-0.1, -0.05) is 0 Å². The van der Waals surface area contributed by atoms with Gasteiger partial charge < -0.3 is 27.5 Å². The third kappa shape index (κ3) is 10.1. The lowest BCUT2D eigenvalue weighted by molar-refractivity contribution is -0.274. The fraction of sp³-hybridized carbons (Fsp3) is 1.00. The van der Waals surface area contributed by atoms with E-state index in [2.05, 4.69) is 78.6 Å². The van der Waals surface area contributed by atoms with E-state index in [9.17, 15) is 5.11 Å². The van der Waals surface area contributed by atoms with E-state index in [1.54, 1.807) is 0 Å². The zero-order valence-electron chi connectivity index (χ0n) is 20.1. The minimum absolute atomic E-state index is 0.320. The Morgan fingerprint density at radius 2 is 1.00 bits per heavy atom. The van der Waals surface area contributed by atoms with Crippen LogP contribution < -0.4 is 0 Å². The second-order valence-corrected chi connectivity index (χ2v) is 29.5. The van der Waals surface area contributed by atoms with E-state index < -0.39 is 45.7 Å². The fourth-order valence-electron chi connectivity index (χ4n) is 2.99. The summed E-state index contributed by atoms with van der Waals surface area (Å²) < 4.78 is 31.7. The van der Waals surface area contributed by atoms with Gasteiger partial charge in [-0.2, -0.15) is 0 Å². The molecule has 0 unspecified atom stereocenters. The molecule has 0 saturated carbocycles. The Labute approximate surface area is 176 Å². The Balaban J connectivity index is 3.26. The van der Waals surface area contributed by atoms with Crippen LogP contribution in [-0.2, 0) is 22.4 Å². The van der Waals surface area contributed by atoms with Crippen LogP contribution in [0.1, 0.15) is 0 Å². The number of hydrogen-bond donors (Lipinski definition) is 1. The van der Waals surface area contributed by atoms with Gasteiger partial charge in [0.25, 0.3) is 0 Å². The van der Waals surface area contributed by atoms with Crippen molar-refractivity contribution in [3.8, 4) is 0 Å². The molecule has 6 nitrogen and oxygen atoms in total. The third-order valence-electron chi connectivity index (χ3n) is 3.76. The van der Waals surface area contributed by atoms with Crippen LogP contribution in [0.4, 0.5) is 0 Å². The van der Waals surface area contributed by atoms with Gasteiger partial charge in [0.2, 0.25) is 0 Å². The molecular formula is C18H44O6Si4. The van der Waals surface area contributed by atoms with E-state index in [0.717, 1.165) is 0 Å². The minimum atomic E-state index is -1.94. The zero-order valence-corrected chi connectivity index (χ0v) is 24.1. The molecule has 0 amide bonds. The maximum atomic E-state index is 10.8. The van der Waals surface area contributed by atoms with Crippen molar-refractivity contribution in [3.05, 3.63) is 0 Å². The number of hydrogen-bond acceptors (Lipinski definition) is 6. The van der Waals surface area contributed by atoms with E-state index in [1.165, 1.54) is 0 Å². The molecule has 28 heavy (non-hydrogen) atoms. The summed E-state index contributed by atoms with van der Waals surface area (Å²) in [4.78, 5) is 0. The monoisotopic (exact) mass is 468 g/mol. The van der Waals surface area contributed by atoms with Crippen LogP contribution in [0.25, 0.3) is 0 Å². The van der Waals surface area contributed by atoms with E-state index in [0.29, 0.717) is 6.61 Å². The van der Waals surface area contributed by atoms with E-state index >= 15 is 0 Å². The van der Waals surface area contributed by atoms with Gasteiger partial charge in [-0.15, -0.1) is 0 Å². The molecule has 0 bridgehead atoms. The predicted octanol–water partition coefficient (Wildman–Crippen LogP) is 4.22. The second kappa shape index (κ2) is 9.41. The first-order valence-electron chi connectivity index (χ1n) is 10.3. The molecule has 1 N–H and O–H groups in total. The van der Waals surface area contributed by atoms with Gasteiger partial charge in [-0.25, -0.2) is 0 Å². The number of aliphatic hydroxyl groups excluding tert-OH is 1. The molecule has 0 radical (unpaired) electrons. The highest BCUT2D eigenvalue weighted by Gasteiger charge is 2.51. The first-order chi connectivity index (χ1) is 12.3. The van der Waals surface area contributed by atoms with Crippen molar-refractivity contribution < 1.29 is 27.5 Å². The molecule has 1 aliphatic heterocycles. The third-order valence-corrected chi connectivity index (χ3v) is 7.73. The summed E-state index contributed by atoms with van der Waals surface area (Å²) in [6.07, 6.45) is -2.67. The van der Waals surface area contributed by atoms with Crippen LogP contribution in [0.5, 0.6) is 0 Å². The average Bonchev–Trinajstić information content (AvgIpc) is 2.39. The maximum absolute atomic E-state index is 10.8. The summed E-state index contributed by atoms with van der Waals surface area (Å²) in [5.41, 5.74) is 0. The van der Waals surface area contributed by atoms with Crippen molar-refractivity contribution in [2.75, 3.05) is 6.61 Å². The van der Waals surface area contributed by atoms with Crippen LogP contribution in [0.2, 0.25) is 78.6 Å². The Morgan fingerprint density at radius 3 is 1.39 bits per heavy atom. The van der Waals surface area contributed by atoms with Gasteiger partial charge in [0, 0.05) is 0 Å². The van der Waals surface area contributed by atoms with Gasteiger partial charge in [-0.3, -0.25) is 0 Å². The average molecular weight is 469 g/mol. The highest BCUT2D eigenvalue weighted by molar-refractivity contribution is 6.71. The lowest BCUT2D eigenvalue weighted by Gasteiger charge is -2.49. The topological polar surface area (TPSA) is 66.4 Å². The van der Waals surface area contributed by atoms with E-state index in [1.807, 2.05) is 0 Å². The predicted molar refractivity (Wildman–Crippen MR) is 125 cm³/mol. The fourth-order valence-corrected chi connectivity index (χ4v) is 6.91. The smallest absolute Gasteiger partial charge is 0.184 e. The maximum Gasteiger partial charge on any atom is 0.184 e. The molecular weight excluding hydrogens is 425 g/mol. The van der Waals surface area contributed by atoms with Gasteiger partial charge in [0.1, 0.15) is 24.4 Å². The summed E-state index contributed by atoms with van der Waals surface area (Å²) >= 11 is 0. The van der Waals surface area contributed by atoms with Crippen LogP contribution in [0.3, 0.4) is 0 Å². The Hall–Kier alpha value is 0.628. The lowest BCUT2D eigenvalue weighted by atomic mass is 9.99. The minimum Gasteiger partial charge on any atom is -0.415 e. The normalized spacial score (nSPS) is 30.5. The van der Waals surface area contributed by atoms with Gasteiger partial charge in [0.05, 0.1) is 6.61 Å². The summed E-state index contributed by atoms with van der Waals surface area (Å²) in [7, 11) is -7.50. The van der Waals surface area contributed by atoms with Crippen molar-refractivity contribution >= 4 is 33.3 Å². The van der Waals surface area contributed by atoms with Gasteiger partial charge in [0.15, 0.2) is 39.6 Å². The van der Waals surface area contributed by atoms with Crippen molar-refractivity contribution in [2.24, 2.45) is 0 Å². The summed E-state index contributed by atoms with van der Waals surface area (Å²) in [6.45, 7) is 26.1. The van der Waals surface area contributed by atoms with Crippen molar-refractivity contribution in [2.45, 2.75) is 109 Å². The number of ether oxygens (including phenoxy) is 1. The van der Waals surface area contributed by atoms with E-state index in [-0.39, 0.29) is 18.3 Å². The van der Waals surface area contributed by atoms with Crippen LogP contribution in [0, 0.1) is 0 Å². The summed E-state index contributed by atoms with van der Waals surface area (Å²) in [5.74, 6) is 0. The largest absolute Gasteiger partial charge is 0.415 e. The van der Waals surface area contributed by atoms with Gasteiger partial charge in [-0.05, 0) is 78.6 Å². The van der Waals surface area contributed by atoms with Crippen molar-refractivity contribution in [3.63, 3.8) is 0 Å². The Morgan fingerprint density at radius 1 is 0.607 bits per heavy atom. The zero-order chi connectivity index (χ0) is 22.1. The molecule has 0 spiro atoms. The number of aliphatic hydroxyl groups is 1. The lowest BCUT2D eigenvalue weighted by Crippen LogP contribution is -2.66. The molecule has 0 aromatic rings. The molecule has 1 rings (SSSR count). The molecule has 1 fully saturated rings. The molecule has 0 aliphatic carbocycles. The van der Waals surface area contributed by atoms with E-state index in [4.69, 9.17) is 22.4 Å². The van der Waals surface area contributed by atoms with Crippen molar-refractivity contribution in [1.29, 1.82) is 0 Å². The number of rotatable bonds is 9. The highest BCUT2D eigenvalue weighted by atomic mass is 28.4. The van der Waals surface area contributed by atoms with Crippen LogP contribution >= 0.6 is 0 Å². The van der Waals surface area contributed by atoms with Gasteiger partial charge >= 0.3 is 0 Å². The quantitative estimate of drug-likeness (QED) is 0.511. The summed E-state index contributed by atoms with van der Waals surface area (Å²) in [6, 6.07) is 0. The standard InChI is InChI=1S/C18H44O6Si4/c1-25(2,3)20-13-14-15(22-26(4,5)6)16(23-27(7,8)9)17(18(19)21-14)24-28(10,11)12/h14-19H,13H2,1-12H3/t14-,15+,16+,17+,18+/m1/s1. The molecule has 1 saturated heterocycles. The molecule has 1 heterocycles. The second-order valence-electron chi connectivity index (χ2n) is 11.6. The van der Waals surface area contributed by atoms with Crippen LogP contribution in [0.15, 0.2) is 0 Å². The summed E-state index contributed by atoms with van der Waals surface area (Å²) in [5, 5.41) is 10.8. The first kappa shape index (κ1) is 26.7. The molecule has 0 aromatic carbocycles. The highest BCUT2D eigenvalue weighted by Crippen LogP contribution is 2.33.